The van der Waals surface area contributed by atoms with Crippen molar-refractivity contribution in [3.05, 3.63) is 60.6 Å². The molecule has 2 aromatic heterocycles. The van der Waals surface area contributed by atoms with Crippen LogP contribution in [-0.4, -0.2) is 38.0 Å². The van der Waals surface area contributed by atoms with Crippen molar-refractivity contribution in [2.24, 2.45) is 0 Å². The highest BCUT2D eigenvalue weighted by Gasteiger charge is 2.14. The molecule has 0 saturated carbocycles. The lowest BCUT2D eigenvalue weighted by Crippen LogP contribution is -2.29. The first kappa shape index (κ1) is 17.8. The van der Waals surface area contributed by atoms with Crippen molar-refractivity contribution >= 4 is 33.3 Å². The van der Waals surface area contributed by atoms with Gasteiger partial charge in [-0.05, 0) is 62.3 Å². The molecule has 1 aliphatic heterocycles. The number of phenols is 1. The first-order valence-electron chi connectivity index (χ1n) is 10.1. The molecule has 0 aliphatic carbocycles. The Kier molecular flexibility index (Phi) is 4.69. The van der Waals surface area contributed by atoms with E-state index < -0.39 is 0 Å². The zero-order valence-electron chi connectivity index (χ0n) is 16.2. The van der Waals surface area contributed by atoms with Crippen LogP contribution in [0.3, 0.4) is 0 Å². The van der Waals surface area contributed by atoms with Crippen LogP contribution in [0.2, 0.25) is 0 Å². The van der Waals surface area contributed by atoms with E-state index in [1.807, 2.05) is 30.3 Å². The molecule has 1 fully saturated rings. The Morgan fingerprint density at radius 2 is 1.66 bits per heavy atom. The highest BCUT2D eigenvalue weighted by atomic mass is 16.3. The second-order valence-electron chi connectivity index (χ2n) is 7.55. The van der Waals surface area contributed by atoms with Crippen LogP contribution in [0.4, 0.5) is 11.4 Å². The molecule has 2 aromatic carbocycles. The van der Waals surface area contributed by atoms with E-state index in [0.29, 0.717) is 5.75 Å². The number of anilines is 2. The van der Waals surface area contributed by atoms with Gasteiger partial charge in [-0.2, -0.15) is 0 Å². The second-order valence-corrected chi connectivity index (χ2v) is 7.55. The largest absolute Gasteiger partial charge is 0.508 e. The quantitative estimate of drug-likeness (QED) is 0.395. The third kappa shape index (κ3) is 3.59. The third-order valence-electron chi connectivity index (χ3n) is 5.54. The van der Waals surface area contributed by atoms with Gasteiger partial charge in [0, 0.05) is 36.4 Å². The summed E-state index contributed by atoms with van der Waals surface area (Å²) in [4.78, 5) is 15.8. The highest BCUT2D eigenvalue weighted by molar-refractivity contribution is 6.09. The van der Waals surface area contributed by atoms with E-state index >= 15 is 0 Å². The number of phenolic OH excluding ortho intramolecular Hbond substituents is 1. The van der Waals surface area contributed by atoms with Crippen molar-refractivity contribution in [1.82, 2.24) is 19.9 Å². The molecule has 6 nitrogen and oxygen atoms in total. The molecular weight excluding hydrogens is 362 g/mol. The Morgan fingerprint density at radius 1 is 0.862 bits per heavy atom. The first-order chi connectivity index (χ1) is 14.3. The maximum atomic E-state index is 10.4. The summed E-state index contributed by atoms with van der Waals surface area (Å²) in [7, 11) is 0. The van der Waals surface area contributed by atoms with Crippen molar-refractivity contribution in [1.29, 1.82) is 0 Å². The maximum Gasteiger partial charge on any atom is 0.120 e. The lowest BCUT2D eigenvalue weighted by Gasteiger charge is -2.26. The Morgan fingerprint density at radius 3 is 2.55 bits per heavy atom. The number of nitrogens with one attached hydrogen (secondary N) is 1. The summed E-state index contributed by atoms with van der Waals surface area (Å²) < 4.78 is 0. The second kappa shape index (κ2) is 7.64. The monoisotopic (exact) mass is 385 g/mol. The minimum Gasteiger partial charge on any atom is -0.508 e. The molecule has 0 radical (unpaired) electrons. The number of nitrogens with zero attached hydrogens (tertiary/aromatic N) is 4. The molecule has 0 amide bonds. The summed E-state index contributed by atoms with van der Waals surface area (Å²) in [5.41, 5.74) is 5.34. The van der Waals surface area contributed by atoms with Crippen LogP contribution in [0.25, 0.3) is 21.9 Å². The molecule has 1 saturated heterocycles. The average Bonchev–Trinajstić information content (AvgIpc) is 2.77. The minimum atomic E-state index is 0.344. The molecule has 146 valence electrons. The predicted octanol–water partition coefficient (Wildman–Crippen LogP) is 4.61. The van der Waals surface area contributed by atoms with Gasteiger partial charge in [0.15, 0.2) is 0 Å². The normalized spacial score (nSPS) is 15.0. The van der Waals surface area contributed by atoms with E-state index in [2.05, 4.69) is 25.2 Å². The van der Waals surface area contributed by atoms with E-state index in [1.54, 1.807) is 24.7 Å². The summed E-state index contributed by atoms with van der Waals surface area (Å²) in [6.45, 7) is 2.96. The molecule has 2 N–H and O–H groups in total. The maximum absolute atomic E-state index is 10.4. The summed E-state index contributed by atoms with van der Waals surface area (Å²) in [6.07, 6.45) is 8.96. The van der Waals surface area contributed by atoms with Crippen molar-refractivity contribution in [2.45, 2.75) is 25.8 Å². The van der Waals surface area contributed by atoms with Gasteiger partial charge in [-0.1, -0.05) is 6.42 Å². The van der Waals surface area contributed by atoms with Crippen LogP contribution < -0.4 is 5.32 Å². The smallest absolute Gasteiger partial charge is 0.120 e. The Hall–Kier alpha value is -3.25. The molecule has 0 bridgehead atoms. The van der Waals surface area contributed by atoms with Crippen molar-refractivity contribution in [3.63, 3.8) is 0 Å². The number of fused-ring (bicyclic) bond motifs is 3. The first-order valence-corrected chi connectivity index (χ1v) is 10.1. The van der Waals surface area contributed by atoms with Crippen LogP contribution in [0.1, 0.15) is 24.8 Å². The van der Waals surface area contributed by atoms with Gasteiger partial charge in [-0.25, -0.2) is 0 Å². The van der Waals surface area contributed by atoms with Gasteiger partial charge >= 0.3 is 0 Å². The summed E-state index contributed by atoms with van der Waals surface area (Å²) >= 11 is 0. The predicted molar refractivity (Wildman–Crippen MR) is 115 cm³/mol. The average molecular weight is 385 g/mol. The molecule has 4 aromatic rings. The third-order valence-corrected chi connectivity index (χ3v) is 5.54. The minimum absolute atomic E-state index is 0.344. The molecule has 6 heteroatoms. The van der Waals surface area contributed by atoms with Gasteiger partial charge in [0.2, 0.25) is 0 Å². The van der Waals surface area contributed by atoms with Crippen molar-refractivity contribution < 1.29 is 5.11 Å². The molecule has 1 aliphatic rings. The van der Waals surface area contributed by atoms with Crippen LogP contribution in [-0.2, 0) is 6.54 Å². The fourth-order valence-electron chi connectivity index (χ4n) is 4.08. The van der Waals surface area contributed by atoms with E-state index in [1.165, 1.54) is 19.3 Å². The SMILES string of the molecule is Oc1ccc(Nc2ccnc3ccc4nccnc4c23)cc1CN1CCCCC1. The van der Waals surface area contributed by atoms with Gasteiger partial charge in [0.25, 0.3) is 0 Å². The van der Waals surface area contributed by atoms with Gasteiger partial charge in [-0.3, -0.25) is 19.9 Å². The van der Waals surface area contributed by atoms with Gasteiger partial charge in [0.05, 0.1) is 22.1 Å². The number of rotatable bonds is 4. The molecule has 0 unspecified atom stereocenters. The van der Waals surface area contributed by atoms with Gasteiger partial charge < -0.3 is 10.4 Å². The van der Waals surface area contributed by atoms with Crippen LogP contribution >= 0.6 is 0 Å². The van der Waals surface area contributed by atoms with E-state index in [-0.39, 0.29) is 0 Å². The van der Waals surface area contributed by atoms with Crippen LogP contribution in [0, 0.1) is 0 Å². The highest BCUT2D eigenvalue weighted by Crippen LogP contribution is 2.32. The number of aromatic hydroxyl groups is 1. The molecule has 0 atom stereocenters. The van der Waals surface area contributed by atoms with Gasteiger partial charge in [0.1, 0.15) is 11.3 Å². The standard InChI is InChI=1S/C23H23N5O/c29-21-7-4-17(14-16(21)15-28-12-2-1-3-13-28)27-19-8-9-24-18-5-6-20-23(22(18)19)26-11-10-25-20/h4-11,14,29H,1-3,12-13,15H2,(H,24,27). The molecule has 29 heavy (non-hydrogen) atoms. The van der Waals surface area contributed by atoms with Crippen molar-refractivity contribution in [3.8, 4) is 5.75 Å². The molecule has 5 rings (SSSR count). The van der Waals surface area contributed by atoms with E-state index in [0.717, 1.165) is 58.5 Å². The Balaban J connectivity index is 1.51. The fourth-order valence-corrected chi connectivity index (χ4v) is 4.08. The van der Waals surface area contributed by atoms with E-state index in [4.69, 9.17) is 0 Å². The Bertz CT molecular complexity index is 1170. The zero-order valence-corrected chi connectivity index (χ0v) is 16.2. The Labute approximate surface area is 169 Å². The van der Waals surface area contributed by atoms with Crippen LogP contribution in [0.5, 0.6) is 5.75 Å². The number of hydrogen-bond acceptors (Lipinski definition) is 6. The fraction of sp³-hybridized carbons (Fsp3) is 0.261. The molecule has 3 heterocycles. The van der Waals surface area contributed by atoms with Crippen LogP contribution in [0.15, 0.2) is 55.0 Å². The molecular formula is C23H23N5O. The lowest BCUT2D eigenvalue weighted by molar-refractivity contribution is 0.218. The number of pyridine rings is 1. The summed E-state index contributed by atoms with van der Waals surface area (Å²) in [5, 5.41) is 14.8. The van der Waals surface area contributed by atoms with Gasteiger partial charge in [-0.15, -0.1) is 0 Å². The molecule has 0 spiro atoms. The number of piperidine rings is 1. The topological polar surface area (TPSA) is 74.2 Å². The number of hydrogen-bond donors (Lipinski definition) is 2. The zero-order chi connectivity index (χ0) is 19.6. The summed E-state index contributed by atoms with van der Waals surface area (Å²) in [5.74, 6) is 0.344. The van der Waals surface area contributed by atoms with Crippen molar-refractivity contribution in [2.75, 3.05) is 18.4 Å². The number of benzene rings is 2. The lowest BCUT2D eigenvalue weighted by atomic mass is 10.1. The number of aromatic nitrogens is 3. The van der Waals surface area contributed by atoms with E-state index in [9.17, 15) is 5.11 Å². The number of likely N-dealkylation sites (tertiary alicyclic amines) is 1. The summed E-state index contributed by atoms with van der Waals surface area (Å²) in [6, 6.07) is 11.6.